The summed E-state index contributed by atoms with van der Waals surface area (Å²) in [6.45, 7) is 5.76. The first kappa shape index (κ1) is 49.3. The SMILES string of the molecule is COC(=O)c1cccc([C@@H]2C[C@H](CN[C@H](C)c3cccc4ccccc34)Oc3ccccc32)c1OC.COC(=O)c1cccc([C@H]2C[C@H](CN[C@H](C)c3cccc4ccccc34)Oc3ccccc32)c1OC. The highest BCUT2D eigenvalue weighted by atomic mass is 16.5. The van der Waals surface area contributed by atoms with Crippen LogP contribution < -0.4 is 29.6 Å². The molecule has 0 amide bonds. The van der Waals surface area contributed by atoms with Crippen molar-refractivity contribution in [3.05, 3.63) is 214 Å². The molecular weight excluding hydrogens is 901 g/mol. The summed E-state index contributed by atoms with van der Waals surface area (Å²) in [5, 5.41) is 12.4. The Balaban J connectivity index is 0.000000178. The summed E-state index contributed by atoms with van der Waals surface area (Å²) in [5.74, 6) is 2.08. The van der Waals surface area contributed by atoms with Gasteiger partial charge in [0.05, 0.1) is 28.4 Å². The second kappa shape index (κ2) is 22.6. The number of esters is 2. The van der Waals surface area contributed by atoms with Gasteiger partial charge in [-0.05, 0) is 83.6 Å². The molecule has 0 unspecified atom stereocenters. The van der Waals surface area contributed by atoms with E-state index >= 15 is 0 Å². The fourth-order valence-corrected chi connectivity index (χ4v) is 10.6. The Kier molecular flexibility index (Phi) is 15.5. The van der Waals surface area contributed by atoms with Crippen LogP contribution in [0.25, 0.3) is 21.5 Å². The van der Waals surface area contributed by atoms with Crippen LogP contribution >= 0.6 is 0 Å². The number of nitrogens with one attached hydrogen (secondary N) is 2. The highest BCUT2D eigenvalue weighted by molar-refractivity contribution is 5.94. The summed E-state index contributed by atoms with van der Waals surface area (Å²) < 4.78 is 34.3. The monoisotopic (exact) mass is 962 g/mol. The smallest absolute Gasteiger partial charge is 0.341 e. The number of methoxy groups -OCH3 is 4. The molecule has 10 rings (SSSR count). The first-order valence-corrected chi connectivity index (χ1v) is 24.6. The Morgan fingerprint density at radius 2 is 0.833 bits per heavy atom. The maximum absolute atomic E-state index is 12.4. The summed E-state index contributed by atoms with van der Waals surface area (Å²) in [6, 6.07) is 57.7. The van der Waals surface area contributed by atoms with Crippen molar-refractivity contribution in [2.75, 3.05) is 41.5 Å². The van der Waals surface area contributed by atoms with Gasteiger partial charge in [0.25, 0.3) is 0 Å². The zero-order chi connectivity index (χ0) is 50.1. The lowest BCUT2D eigenvalue weighted by atomic mass is 9.83. The van der Waals surface area contributed by atoms with E-state index in [1.165, 1.54) is 46.9 Å². The molecule has 0 radical (unpaired) electrons. The third kappa shape index (κ3) is 10.4. The molecule has 10 heteroatoms. The van der Waals surface area contributed by atoms with Crippen LogP contribution in [0.2, 0.25) is 0 Å². The van der Waals surface area contributed by atoms with Crippen molar-refractivity contribution in [3.63, 3.8) is 0 Å². The fraction of sp³-hybridized carbons (Fsp3) is 0.258. The van der Waals surface area contributed by atoms with Crippen LogP contribution in [0.4, 0.5) is 0 Å². The second-order valence-corrected chi connectivity index (χ2v) is 18.4. The number of carbonyl (C=O) groups excluding carboxylic acids is 2. The summed E-state index contributed by atoms with van der Waals surface area (Å²) in [4.78, 5) is 24.8. The van der Waals surface area contributed by atoms with Crippen LogP contribution in [0.5, 0.6) is 23.0 Å². The van der Waals surface area contributed by atoms with Gasteiger partial charge in [0, 0.05) is 59.3 Å². The fourth-order valence-electron chi connectivity index (χ4n) is 10.6. The molecule has 2 aliphatic heterocycles. The summed E-state index contributed by atoms with van der Waals surface area (Å²) in [6.07, 6.45) is 1.42. The minimum Gasteiger partial charge on any atom is -0.496 e. The normalized spacial score (nSPS) is 17.6. The standard InChI is InChI=1S/2C31H31NO4/c2*1-20(23-14-8-11-21-10-4-5-12-24(21)23)32-19-22-18-28(25-13-6-7-17-29(25)36-22)26-15-9-16-27(30(26)34-2)31(33)35-3/h2*4-17,20,22,28,32H,18-19H2,1-3H3/t20-,22-,28+;20-,22-,28-/m11/s1. The van der Waals surface area contributed by atoms with Gasteiger partial charge in [-0.15, -0.1) is 0 Å². The second-order valence-electron chi connectivity index (χ2n) is 18.4. The van der Waals surface area contributed by atoms with Crippen molar-refractivity contribution in [2.24, 2.45) is 0 Å². The van der Waals surface area contributed by atoms with E-state index in [-0.39, 0.29) is 36.1 Å². The van der Waals surface area contributed by atoms with Gasteiger partial charge in [-0.1, -0.05) is 146 Å². The van der Waals surface area contributed by atoms with Crippen LogP contribution in [0, 0.1) is 0 Å². The van der Waals surface area contributed by atoms with Gasteiger partial charge in [0.1, 0.15) is 46.3 Å². The van der Waals surface area contributed by atoms with E-state index in [0.29, 0.717) is 35.7 Å². The third-order valence-electron chi connectivity index (χ3n) is 14.1. The highest BCUT2D eigenvalue weighted by Gasteiger charge is 2.34. The number of carbonyl (C=O) groups is 2. The first-order chi connectivity index (χ1) is 35.2. The first-order valence-electron chi connectivity index (χ1n) is 24.6. The molecule has 368 valence electrons. The molecule has 0 saturated carbocycles. The third-order valence-corrected chi connectivity index (χ3v) is 14.1. The van der Waals surface area contributed by atoms with Gasteiger partial charge >= 0.3 is 11.9 Å². The average Bonchev–Trinajstić information content (AvgIpc) is 3.44. The molecule has 0 spiro atoms. The number of benzene rings is 8. The number of hydrogen-bond acceptors (Lipinski definition) is 10. The molecule has 2 heterocycles. The summed E-state index contributed by atoms with van der Waals surface area (Å²) in [7, 11) is 5.97. The molecule has 0 saturated heterocycles. The van der Waals surface area contributed by atoms with E-state index in [9.17, 15) is 9.59 Å². The van der Waals surface area contributed by atoms with E-state index in [4.69, 9.17) is 28.4 Å². The summed E-state index contributed by atoms with van der Waals surface area (Å²) in [5.41, 5.74) is 7.52. The Hall–Kier alpha value is -7.66. The molecule has 10 nitrogen and oxygen atoms in total. The van der Waals surface area contributed by atoms with Gasteiger partial charge < -0.3 is 39.1 Å². The largest absolute Gasteiger partial charge is 0.496 e. The van der Waals surface area contributed by atoms with E-state index in [0.717, 1.165) is 46.6 Å². The molecule has 72 heavy (non-hydrogen) atoms. The van der Waals surface area contributed by atoms with Crippen LogP contribution in [0.15, 0.2) is 170 Å². The Labute approximate surface area is 422 Å². The zero-order valence-corrected chi connectivity index (χ0v) is 41.7. The minimum atomic E-state index is -0.406. The lowest BCUT2D eigenvalue weighted by Crippen LogP contribution is -2.37. The van der Waals surface area contributed by atoms with Crippen LogP contribution in [-0.4, -0.2) is 65.7 Å². The average molecular weight is 963 g/mol. The summed E-state index contributed by atoms with van der Waals surface area (Å²) >= 11 is 0. The van der Waals surface area contributed by atoms with E-state index in [2.05, 4.69) is 122 Å². The Bertz CT molecular complexity index is 2970. The maximum Gasteiger partial charge on any atom is 0.341 e. The van der Waals surface area contributed by atoms with Crippen molar-refractivity contribution < 1.29 is 38.0 Å². The van der Waals surface area contributed by atoms with Gasteiger partial charge in [-0.3, -0.25) is 0 Å². The molecule has 0 bridgehead atoms. The molecule has 0 aromatic heterocycles. The van der Waals surface area contributed by atoms with E-state index in [1.54, 1.807) is 26.4 Å². The Morgan fingerprint density at radius 3 is 1.25 bits per heavy atom. The number of para-hydroxylation sites is 4. The topological polar surface area (TPSA) is 114 Å². The van der Waals surface area contributed by atoms with Gasteiger partial charge in [0.2, 0.25) is 0 Å². The maximum atomic E-state index is 12.4. The predicted octanol–water partition coefficient (Wildman–Crippen LogP) is 12.5. The highest BCUT2D eigenvalue weighted by Crippen LogP contribution is 2.46. The molecule has 0 fully saturated rings. The van der Waals surface area contributed by atoms with E-state index < -0.39 is 11.9 Å². The van der Waals surface area contributed by atoms with Crippen LogP contribution in [-0.2, 0) is 9.47 Å². The van der Waals surface area contributed by atoms with Gasteiger partial charge in [-0.25, -0.2) is 9.59 Å². The number of ether oxygens (including phenoxy) is 6. The Morgan fingerprint density at radius 1 is 0.472 bits per heavy atom. The van der Waals surface area contributed by atoms with Crippen molar-refractivity contribution in [1.82, 2.24) is 10.6 Å². The number of fused-ring (bicyclic) bond motifs is 4. The molecule has 8 aromatic rings. The lowest BCUT2D eigenvalue weighted by Gasteiger charge is -2.34. The number of hydrogen-bond donors (Lipinski definition) is 2. The van der Waals surface area contributed by atoms with E-state index in [1.807, 2.05) is 60.7 Å². The van der Waals surface area contributed by atoms with Gasteiger partial charge in [0.15, 0.2) is 0 Å². The lowest BCUT2D eigenvalue weighted by molar-refractivity contribution is 0.0587. The number of rotatable bonds is 14. The zero-order valence-electron chi connectivity index (χ0n) is 41.7. The molecule has 2 N–H and O–H groups in total. The molecule has 2 aliphatic rings. The van der Waals surface area contributed by atoms with Crippen molar-refractivity contribution in [3.8, 4) is 23.0 Å². The quantitative estimate of drug-likeness (QED) is 0.102. The van der Waals surface area contributed by atoms with Crippen molar-refractivity contribution in [1.29, 1.82) is 0 Å². The molecule has 8 aromatic carbocycles. The minimum absolute atomic E-state index is 0.0224. The molecule has 6 atom stereocenters. The van der Waals surface area contributed by atoms with Gasteiger partial charge in [-0.2, -0.15) is 0 Å². The molecular formula is C62H62N2O8. The predicted molar refractivity (Wildman–Crippen MR) is 284 cm³/mol. The molecule has 0 aliphatic carbocycles. The van der Waals surface area contributed by atoms with Crippen LogP contribution in [0.3, 0.4) is 0 Å². The van der Waals surface area contributed by atoms with Crippen molar-refractivity contribution >= 4 is 33.5 Å². The van der Waals surface area contributed by atoms with Crippen LogP contribution in [0.1, 0.15) is 105 Å². The van der Waals surface area contributed by atoms with Crippen molar-refractivity contribution in [2.45, 2.75) is 62.8 Å².